The number of hydrogen-bond acceptors (Lipinski definition) is 1. The average Bonchev–Trinajstić information content (AvgIpc) is 2.36. The normalized spacial score (nSPS) is 17.0. The van der Waals surface area contributed by atoms with Gasteiger partial charge in [-0.3, -0.25) is 0 Å². The lowest BCUT2D eigenvalue weighted by Crippen LogP contribution is -2.19. The zero-order chi connectivity index (χ0) is 7.56. The Balaban J connectivity index is 2.47. The number of nitrogens with one attached hydrogen (secondary N) is 1. The largest absolute Gasteiger partial charge is 0.395 e. The van der Waals surface area contributed by atoms with E-state index in [4.69, 9.17) is 0 Å². The van der Waals surface area contributed by atoms with Gasteiger partial charge in [0.2, 0.25) is 0 Å². The smallest absolute Gasteiger partial charge is 0.101 e. The van der Waals surface area contributed by atoms with Gasteiger partial charge in [0.25, 0.3) is 0 Å². The minimum atomic E-state index is 0.663. The molecule has 1 rings (SSSR count). The fourth-order valence-electron chi connectivity index (χ4n) is 1.03. The molecule has 0 bridgehead atoms. The summed E-state index contributed by atoms with van der Waals surface area (Å²) in [4.78, 5) is 0. The quantitative estimate of drug-likeness (QED) is 0.443. The molecule has 0 fully saturated rings. The van der Waals surface area contributed by atoms with Gasteiger partial charge in [0.05, 0.1) is 12.9 Å². The van der Waals surface area contributed by atoms with E-state index in [9.17, 15) is 0 Å². The SMILES string of the molecule is C[C-](C(C)C)[N+]1=CNCC1. The Bertz CT molecular complexity index is 138. The molecule has 1 N–H and O–H groups in total. The highest BCUT2D eigenvalue weighted by Gasteiger charge is 2.09. The molecule has 0 aromatic heterocycles. The number of hydrogen-bond donors (Lipinski definition) is 1. The minimum Gasteiger partial charge on any atom is -0.395 e. The van der Waals surface area contributed by atoms with Gasteiger partial charge in [-0.25, -0.2) is 0 Å². The van der Waals surface area contributed by atoms with Gasteiger partial charge in [0.1, 0.15) is 6.54 Å². The number of rotatable bonds is 2. The molecule has 10 heavy (non-hydrogen) atoms. The monoisotopic (exact) mass is 140 g/mol. The van der Waals surface area contributed by atoms with Crippen LogP contribution in [0, 0.1) is 12.0 Å². The first-order chi connectivity index (χ1) is 4.72. The molecule has 0 unspecified atom stereocenters. The van der Waals surface area contributed by atoms with Crippen molar-refractivity contribution in [2.45, 2.75) is 20.8 Å². The molecule has 0 amide bonds. The van der Waals surface area contributed by atoms with Crippen molar-refractivity contribution in [1.29, 1.82) is 0 Å². The van der Waals surface area contributed by atoms with E-state index in [0.29, 0.717) is 5.92 Å². The third-order valence-corrected chi connectivity index (χ3v) is 2.03. The molecule has 1 aliphatic rings. The molecular weight excluding hydrogens is 124 g/mol. The Morgan fingerprint density at radius 1 is 1.60 bits per heavy atom. The van der Waals surface area contributed by atoms with Gasteiger partial charge in [0.15, 0.2) is 0 Å². The molecule has 0 atom stereocenters. The van der Waals surface area contributed by atoms with Crippen LogP contribution in [0.3, 0.4) is 0 Å². The van der Waals surface area contributed by atoms with Gasteiger partial charge in [-0.15, -0.1) is 0 Å². The molecule has 58 valence electrons. The van der Waals surface area contributed by atoms with Gasteiger partial charge in [0, 0.05) is 0 Å². The molecule has 2 nitrogen and oxygen atoms in total. The van der Waals surface area contributed by atoms with E-state index in [1.165, 1.54) is 6.04 Å². The Morgan fingerprint density at radius 3 is 2.70 bits per heavy atom. The van der Waals surface area contributed by atoms with Crippen LogP contribution in [0.2, 0.25) is 0 Å². The van der Waals surface area contributed by atoms with Crippen LogP contribution in [0.4, 0.5) is 0 Å². The van der Waals surface area contributed by atoms with Crippen molar-refractivity contribution in [3.8, 4) is 0 Å². The van der Waals surface area contributed by atoms with Crippen molar-refractivity contribution >= 4 is 6.34 Å². The second-order valence-electron chi connectivity index (χ2n) is 3.07. The summed E-state index contributed by atoms with van der Waals surface area (Å²) < 4.78 is 2.28. The molecule has 0 radical (unpaired) electrons. The molecule has 0 saturated carbocycles. The van der Waals surface area contributed by atoms with E-state index in [0.717, 1.165) is 13.1 Å². The zero-order valence-corrected chi connectivity index (χ0v) is 7.02. The van der Waals surface area contributed by atoms with Crippen LogP contribution in [0.1, 0.15) is 20.8 Å². The standard InChI is InChI=1S/C8H16N2/c1-7(2)8(3)10-5-4-9-6-10/h6-7,9H,4-5H2,1-3H3. The van der Waals surface area contributed by atoms with Crippen molar-refractivity contribution in [3.63, 3.8) is 0 Å². The van der Waals surface area contributed by atoms with Crippen LogP contribution < -0.4 is 5.32 Å². The summed E-state index contributed by atoms with van der Waals surface area (Å²) in [5.41, 5.74) is 0. The van der Waals surface area contributed by atoms with Gasteiger partial charge < -0.3 is 9.89 Å². The summed E-state index contributed by atoms with van der Waals surface area (Å²) >= 11 is 0. The Hall–Kier alpha value is -0.660. The lowest BCUT2D eigenvalue weighted by atomic mass is 10.1. The van der Waals surface area contributed by atoms with Crippen molar-refractivity contribution in [1.82, 2.24) is 5.32 Å². The summed E-state index contributed by atoms with van der Waals surface area (Å²) in [6, 6.07) is 1.45. The lowest BCUT2D eigenvalue weighted by molar-refractivity contribution is -0.505. The van der Waals surface area contributed by atoms with E-state index >= 15 is 0 Å². The Kier molecular flexibility index (Phi) is 2.20. The lowest BCUT2D eigenvalue weighted by Gasteiger charge is -2.24. The van der Waals surface area contributed by atoms with Crippen LogP contribution in [0.15, 0.2) is 0 Å². The van der Waals surface area contributed by atoms with Crippen molar-refractivity contribution in [2.24, 2.45) is 5.92 Å². The van der Waals surface area contributed by atoms with E-state index in [1.54, 1.807) is 0 Å². The van der Waals surface area contributed by atoms with E-state index in [1.807, 2.05) is 0 Å². The highest BCUT2D eigenvalue weighted by molar-refractivity contribution is 5.49. The maximum absolute atomic E-state index is 3.19. The maximum atomic E-state index is 3.19. The third kappa shape index (κ3) is 1.43. The topological polar surface area (TPSA) is 15.0 Å². The molecular formula is C8H16N2. The first-order valence-electron chi connectivity index (χ1n) is 3.88. The van der Waals surface area contributed by atoms with Crippen LogP contribution in [0.5, 0.6) is 0 Å². The van der Waals surface area contributed by atoms with Gasteiger partial charge in [-0.1, -0.05) is 32.7 Å². The molecule has 0 aromatic rings. The summed E-state index contributed by atoms with van der Waals surface area (Å²) in [5.74, 6) is 0.663. The summed E-state index contributed by atoms with van der Waals surface area (Å²) in [5, 5.41) is 3.19. The molecule has 0 spiro atoms. The third-order valence-electron chi connectivity index (χ3n) is 2.03. The minimum absolute atomic E-state index is 0.663. The highest BCUT2D eigenvalue weighted by atomic mass is 15.2. The van der Waals surface area contributed by atoms with Crippen molar-refractivity contribution in [3.05, 3.63) is 6.04 Å². The van der Waals surface area contributed by atoms with Gasteiger partial charge in [-0.05, 0) is 0 Å². The average molecular weight is 140 g/mol. The predicted octanol–water partition coefficient (Wildman–Crippen LogP) is 0.838. The van der Waals surface area contributed by atoms with Gasteiger partial charge in [-0.2, -0.15) is 0 Å². The predicted molar refractivity (Wildman–Crippen MR) is 42.9 cm³/mol. The fourth-order valence-corrected chi connectivity index (χ4v) is 1.03. The second-order valence-corrected chi connectivity index (χ2v) is 3.07. The number of nitrogens with zero attached hydrogens (tertiary/aromatic N) is 1. The first-order valence-corrected chi connectivity index (χ1v) is 3.88. The van der Waals surface area contributed by atoms with Crippen LogP contribution in [-0.4, -0.2) is 24.0 Å². The molecule has 0 aromatic carbocycles. The molecule has 1 heterocycles. The second kappa shape index (κ2) is 2.95. The highest BCUT2D eigenvalue weighted by Crippen LogP contribution is 2.13. The summed E-state index contributed by atoms with van der Waals surface area (Å²) in [6.07, 6.45) is 2.06. The molecule has 2 heteroatoms. The summed E-state index contributed by atoms with van der Waals surface area (Å²) in [7, 11) is 0. The summed E-state index contributed by atoms with van der Waals surface area (Å²) in [6.45, 7) is 8.85. The Labute approximate surface area is 62.9 Å². The fraction of sp³-hybridized carbons (Fsp3) is 0.750. The van der Waals surface area contributed by atoms with Crippen LogP contribution in [0.25, 0.3) is 0 Å². The van der Waals surface area contributed by atoms with Crippen LogP contribution >= 0.6 is 0 Å². The Morgan fingerprint density at radius 2 is 2.30 bits per heavy atom. The molecule has 0 aliphatic carbocycles. The van der Waals surface area contributed by atoms with E-state index in [-0.39, 0.29) is 0 Å². The maximum Gasteiger partial charge on any atom is 0.101 e. The van der Waals surface area contributed by atoms with Crippen molar-refractivity contribution in [2.75, 3.05) is 13.1 Å². The molecule has 0 saturated heterocycles. The van der Waals surface area contributed by atoms with Crippen LogP contribution in [-0.2, 0) is 0 Å². The van der Waals surface area contributed by atoms with E-state index < -0.39 is 0 Å². The molecule has 1 aliphatic heterocycles. The van der Waals surface area contributed by atoms with E-state index in [2.05, 4.69) is 37.0 Å². The first kappa shape index (κ1) is 7.45. The zero-order valence-electron chi connectivity index (χ0n) is 7.02. The van der Waals surface area contributed by atoms with Crippen molar-refractivity contribution < 1.29 is 4.58 Å². The van der Waals surface area contributed by atoms with Gasteiger partial charge >= 0.3 is 0 Å².